The second-order valence-electron chi connectivity index (χ2n) is 15.6. The second kappa shape index (κ2) is 15.3. The van der Waals surface area contributed by atoms with Gasteiger partial charge in [-0.05, 0) is 31.4 Å². The first-order valence-corrected chi connectivity index (χ1v) is 19.6. The van der Waals surface area contributed by atoms with Crippen molar-refractivity contribution in [2.75, 3.05) is 19.9 Å². The van der Waals surface area contributed by atoms with Gasteiger partial charge in [0.25, 0.3) is 11.7 Å². The van der Waals surface area contributed by atoms with Crippen LogP contribution in [0.5, 0.6) is 11.5 Å². The summed E-state index contributed by atoms with van der Waals surface area (Å²) in [7, 11) is 0. The number of aliphatic hydroxyl groups excluding tert-OH is 4. The molecule has 8 atom stereocenters. The molecule has 3 aromatic carbocycles. The number of benzene rings is 3. The van der Waals surface area contributed by atoms with Crippen LogP contribution in [0, 0.1) is 5.41 Å². The number of fused-ring (bicyclic) bond motifs is 7. The van der Waals surface area contributed by atoms with Crippen LogP contribution in [0.1, 0.15) is 87.4 Å². The van der Waals surface area contributed by atoms with Crippen molar-refractivity contribution in [1.82, 2.24) is 5.32 Å². The third-order valence-corrected chi connectivity index (χ3v) is 12.1. The lowest BCUT2D eigenvalue weighted by molar-refractivity contribution is -0.723. The topological polar surface area (TPSA) is 251 Å². The molecule has 1 saturated heterocycles. The first-order chi connectivity index (χ1) is 28.5. The number of aldehydes is 1. The van der Waals surface area contributed by atoms with Crippen LogP contribution in [0.3, 0.4) is 0 Å². The van der Waals surface area contributed by atoms with Crippen LogP contribution in [-0.2, 0) is 19.1 Å². The van der Waals surface area contributed by atoms with E-state index in [-0.39, 0.29) is 82.9 Å². The standard InChI is InChI=1S/C42H41N5O12/c43-41-45-38-29(39(55)46-41)44-19-47(38)27-10-4-3-7-22(27)21-12-16-57-42(13-5-6-14-42)37-33(53)32(52)34(54)40(59-37)58-35-25(21)17-26-28(36(35)56-18-20(49)11-15-48)31(51)24-9-2-1-8-23(24)30(26)50/h1-4,7-10,15,17,20-21,32-34,37,40,49,52-54H,5-6,11-14,16,18-19H2,(H2,43,46,55)/p+1/t20-,21-,32-,33-,34+,37-,40+/m1/s1. The van der Waals surface area contributed by atoms with Gasteiger partial charge in [0.05, 0.1) is 17.3 Å². The lowest BCUT2D eigenvalue weighted by atomic mass is 9.79. The monoisotopic (exact) mass is 808 g/mol. The van der Waals surface area contributed by atoms with E-state index >= 15 is 0 Å². The lowest BCUT2D eigenvalue weighted by Gasteiger charge is -2.47. The van der Waals surface area contributed by atoms with Crippen molar-refractivity contribution in [3.63, 3.8) is 0 Å². The van der Waals surface area contributed by atoms with E-state index in [9.17, 15) is 39.6 Å². The average molecular weight is 809 g/mol. The molecule has 0 aromatic heterocycles. The van der Waals surface area contributed by atoms with Crippen molar-refractivity contribution in [2.24, 2.45) is 9.98 Å². The van der Waals surface area contributed by atoms with Gasteiger partial charge in [0.15, 0.2) is 29.7 Å². The largest absolute Gasteiger partial charge is 0.486 e. The predicted molar refractivity (Wildman–Crippen MR) is 206 cm³/mol. The minimum Gasteiger partial charge on any atom is -0.486 e. The number of ketones is 2. The quantitative estimate of drug-likeness (QED) is 0.124. The number of nitrogens with zero attached hydrogens (tertiary/aromatic N) is 2. The summed E-state index contributed by atoms with van der Waals surface area (Å²) in [5.74, 6) is -2.91. The lowest BCUT2D eigenvalue weighted by Crippen LogP contribution is -3.09. The maximum absolute atomic E-state index is 14.5. The van der Waals surface area contributed by atoms with E-state index in [1.54, 1.807) is 30.3 Å². The highest BCUT2D eigenvalue weighted by Crippen LogP contribution is 2.50. The maximum atomic E-state index is 14.5. The summed E-state index contributed by atoms with van der Waals surface area (Å²) in [4.78, 5) is 62.6. The summed E-state index contributed by atoms with van der Waals surface area (Å²) < 4.78 is 26.1. The number of rotatable bonds is 7. The molecule has 9 rings (SSSR count). The Kier molecular flexibility index (Phi) is 10.1. The van der Waals surface area contributed by atoms with Crippen LogP contribution in [-0.4, -0.2) is 124 Å². The number of ether oxygens (including phenoxy) is 4. The highest BCUT2D eigenvalue weighted by atomic mass is 16.7. The van der Waals surface area contributed by atoms with Crippen molar-refractivity contribution in [3.05, 3.63) is 88.0 Å². The Balaban J connectivity index is 1.29. The number of aliphatic imine (C=N–C) groups is 2. The van der Waals surface area contributed by atoms with Gasteiger partial charge in [0.2, 0.25) is 18.0 Å². The SMILES string of the molecule is N=C1N=C2C(=NC[NH+]2c2ccccc2[C@H]2CCOC3(CCCC3)[C@@H]3O[C@H](Oc4c2cc2c(c4OC[C@H](O)CC=O)C(=O)c4ccccc4C2=O)[C@@H](O)[C@H](O)[C@H]3O)C(=O)N1. The highest BCUT2D eigenvalue weighted by Gasteiger charge is 2.56. The number of carbonyl (C=O) groups is 4. The van der Waals surface area contributed by atoms with E-state index in [2.05, 4.69) is 15.3 Å². The molecule has 1 unspecified atom stereocenters. The summed E-state index contributed by atoms with van der Waals surface area (Å²) in [6.45, 7) is -0.385. The molecule has 17 heteroatoms. The van der Waals surface area contributed by atoms with Gasteiger partial charge in [-0.2, -0.15) is 4.99 Å². The summed E-state index contributed by atoms with van der Waals surface area (Å²) in [6, 6.07) is 15.2. The van der Waals surface area contributed by atoms with Gasteiger partial charge in [0.1, 0.15) is 43.0 Å². The summed E-state index contributed by atoms with van der Waals surface area (Å²) >= 11 is 0. The molecule has 4 heterocycles. The smallest absolute Gasteiger partial charge is 0.284 e. The number of hydrogen-bond acceptors (Lipinski definition) is 14. The Morgan fingerprint density at radius 2 is 1.69 bits per heavy atom. The van der Waals surface area contributed by atoms with Crippen molar-refractivity contribution >= 4 is 47.0 Å². The fourth-order valence-corrected chi connectivity index (χ4v) is 9.29. The molecular weight excluding hydrogens is 766 g/mol. The van der Waals surface area contributed by atoms with E-state index in [1.165, 1.54) is 6.07 Å². The van der Waals surface area contributed by atoms with E-state index in [4.69, 9.17) is 24.4 Å². The van der Waals surface area contributed by atoms with E-state index in [1.807, 2.05) is 18.2 Å². The molecule has 59 heavy (non-hydrogen) atoms. The van der Waals surface area contributed by atoms with Gasteiger partial charge in [-0.3, -0.25) is 25.1 Å². The minimum absolute atomic E-state index is 0.0270. The number of amides is 1. The van der Waals surface area contributed by atoms with Crippen molar-refractivity contribution in [3.8, 4) is 11.5 Å². The molecule has 1 amide bonds. The zero-order chi connectivity index (χ0) is 41.2. The number of hydrogen-bond donors (Lipinski definition) is 7. The molecule has 4 aliphatic heterocycles. The van der Waals surface area contributed by atoms with Crippen molar-refractivity contribution in [1.29, 1.82) is 5.41 Å². The fourth-order valence-electron chi connectivity index (χ4n) is 9.29. The number of nitrogens with one attached hydrogen (secondary N) is 3. The minimum atomic E-state index is -1.82. The van der Waals surface area contributed by atoms with Gasteiger partial charge in [-0.25, -0.2) is 9.89 Å². The van der Waals surface area contributed by atoms with Crippen LogP contribution >= 0.6 is 0 Å². The van der Waals surface area contributed by atoms with Gasteiger partial charge in [0, 0.05) is 46.8 Å². The number of aliphatic hydroxyl groups is 4. The van der Waals surface area contributed by atoms with E-state index in [0.29, 0.717) is 35.3 Å². The summed E-state index contributed by atoms with van der Waals surface area (Å²) in [5.41, 5.74) is 0.591. The van der Waals surface area contributed by atoms with Crippen LogP contribution < -0.4 is 19.7 Å². The molecule has 0 radical (unpaired) electrons. The van der Waals surface area contributed by atoms with Gasteiger partial charge in [-0.15, -0.1) is 0 Å². The average Bonchev–Trinajstić information content (AvgIpc) is 3.89. The highest BCUT2D eigenvalue weighted by molar-refractivity contribution is 6.68. The normalized spacial score (nSPS) is 28.8. The Labute approximate surface area is 336 Å². The van der Waals surface area contributed by atoms with E-state index in [0.717, 1.165) is 12.8 Å². The maximum Gasteiger partial charge on any atom is 0.284 e. The summed E-state index contributed by atoms with van der Waals surface area (Å²) in [5, 5.41) is 55.5. The molecule has 3 aromatic rings. The Hall–Kier alpha value is -5.53. The first kappa shape index (κ1) is 39.0. The Bertz CT molecular complexity index is 2340. The Morgan fingerprint density at radius 3 is 2.46 bits per heavy atom. The zero-order valence-corrected chi connectivity index (χ0v) is 31.6. The molecule has 2 fully saturated rings. The van der Waals surface area contributed by atoms with Gasteiger partial charge in [-0.1, -0.05) is 55.3 Å². The van der Waals surface area contributed by atoms with Gasteiger partial charge >= 0.3 is 0 Å². The number of carbonyl (C=O) groups excluding carboxylic acids is 4. The molecule has 7 N–H and O–H groups in total. The second-order valence-corrected chi connectivity index (χ2v) is 15.6. The number of quaternary nitrogens is 1. The van der Waals surface area contributed by atoms with Crippen LogP contribution in [0.2, 0.25) is 0 Å². The van der Waals surface area contributed by atoms with Crippen LogP contribution in [0.25, 0.3) is 0 Å². The van der Waals surface area contributed by atoms with Crippen molar-refractivity contribution < 1.29 is 63.5 Å². The molecular formula is C42H42N5O12+. The molecule has 17 nitrogen and oxygen atoms in total. The number of amidine groups is 1. The van der Waals surface area contributed by atoms with Crippen LogP contribution in [0.4, 0.5) is 5.69 Å². The summed E-state index contributed by atoms with van der Waals surface area (Å²) in [6.07, 6.45) is -6.43. The third-order valence-electron chi connectivity index (χ3n) is 12.1. The molecule has 306 valence electrons. The zero-order valence-electron chi connectivity index (χ0n) is 31.6. The van der Waals surface area contributed by atoms with Crippen LogP contribution in [0.15, 0.2) is 64.6 Å². The molecule has 2 aliphatic carbocycles. The predicted octanol–water partition coefficient (Wildman–Crippen LogP) is 0.234. The Morgan fingerprint density at radius 1 is 0.966 bits per heavy atom. The fraction of sp³-hybridized carbons (Fsp3) is 0.405. The third kappa shape index (κ3) is 6.49. The van der Waals surface area contributed by atoms with Crippen molar-refractivity contribution in [2.45, 2.75) is 86.9 Å². The molecule has 1 saturated carbocycles. The van der Waals surface area contributed by atoms with Gasteiger partial charge < -0.3 is 44.2 Å². The number of para-hydroxylation sites is 1. The molecule has 2 bridgehead atoms. The molecule has 1 spiro atoms. The number of guanidine groups is 1. The first-order valence-electron chi connectivity index (χ1n) is 19.6. The van der Waals surface area contributed by atoms with E-state index < -0.39 is 72.4 Å². The molecule has 6 aliphatic rings.